The Bertz CT molecular complexity index is 726. The molecule has 0 amide bonds. The van der Waals surface area contributed by atoms with E-state index >= 15 is 0 Å². The molecule has 138 valence electrons. The first kappa shape index (κ1) is 19.7. The summed E-state index contributed by atoms with van der Waals surface area (Å²) in [5, 5.41) is 6.76. The van der Waals surface area contributed by atoms with E-state index in [4.69, 9.17) is 17.0 Å². The van der Waals surface area contributed by atoms with Crippen LogP contribution < -0.4 is 15.5 Å². The Balaban J connectivity index is 1.93. The third kappa shape index (κ3) is 5.46. The van der Waals surface area contributed by atoms with Gasteiger partial charge in [-0.25, -0.2) is 4.79 Å². The van der Waals surface area contributed by atoms with E-state index in [0.29, 0.717) is 17.3 Å². The normalized spacial score (nSPS) is 10.1. The van der Waals surface area contributed by atoms with Crippen LogP contribution in [0.15, 0.2) is 48.5 Å². The Kier molecular flexibility index (Phi) is 7.41. The molecule has 0 saturated carbocycles. The fourth-order valence-corrected chi connectivity index (χ4v) is 2.78. The summed E-state index contributed by atoms with van der Waals surface area (Å²) in [5.74, 6) is -0.326. The predicted octanol–water partition coefficient (Wildman–Crippen LogP) is 4.52. The first-order chi connectivity index (χ1) is 12.6. The highest BCUT2D eigenvalue weighted by atomic mass is 32.1. The lowest BCUT2D eigenvalue weighted by Crippen LogP contribution is -2.22. The number of thiocarbonyl (C=S) groups is 1. The maximum atomic E-state index is 11.7. The second-order valence-corrected chi connectivity index (χ2v) is 6.00. The fourth-order valence-electron chi connectivity index (χ4n) is 2.54. The molecule has 0 radical (unpaired) electrons. The SMILES string of the molecule is CCOC(=O)c1ccc(NC(=S)Nc2ccc(N(CC)CC)cc2)cc1. The van der Waals surface area contributed by atoms with E-state index in [-0.39, 0.29) is 5.97 Å². The number of anilines is 3. The number of benzene rings is 2. The number of rotatable bonds is 7. The highest BCUT2D eigenvalue weighted by Crippen LogP contribution is 2.18. The molecule has 6 heteroatoms. The predicted molar refractivity (Wildman–Crippen MR) is 112 cm³/mol. The van der Waals surface area contributed by atoms with Crippen LogP contribution in [0.1, 0.15) is 31.1 Å². The van der Waals surface area contributed by atoms with E-state index < -0.39 is 0 Å². The first-order valence-electron chi connectivity index (χ1n) is 8.77. The molecule has 5 nitrogen and oxygen atoms in total. The molecule has 0 fully saturated rings. The molecule has 0 unspecified atom stereocenters. The van der Waals surface area contributed by atoms with Crippen LogP contribution in [0, 0.1) is 0 Å². The molecule has 0 spiro atoms. The van der Waals surface area contributed by atoms with E-state index in [2.05, 4.69) is 41.5 Å². The molecule has 0 aromatic heterocycles. The van der Waals surface area contributed by atoms with Crippen LogP contribution in [-0.2, 0) is 4.74 Å². The van der Waals surface area contributed by atoms with Crippen molar-refractivity contribution in [2.24, 2.45) is 0 Å². The van der Waals surface area contributed by atoms with Crippen molar-refractivity contribution in [1.82, 2.24) is 0 Å². The van der Waals surface area contributed by atoms with Crippen LogP contribution >= 0.6 is 12.2 Å². The zero-order valence-electron chi connectivity index (χ0n) is 15.4. The van der Waals surface area contributed by atoms with Gasteiger partial charge in [-0.2, -0.15) is 0 Å². The molecule has 0 atom stereocenters. The van der Waals surface area contributed by atoms with E-state index in [1.54, 1.807) is 31.2 Å². The second kappa shape index (κ2) is 9.77. The van der Waals surface area contributed by atoms with Crippen molar-refractivity contribution in [1.29, 1.82) is 0 Å². The third-order valence-corrected chi connectivity index (χ3v) is 4.11. The number of ether oxygens (including phenoxy) is 1. The van der Waals surface area contributed by atoms with Crippen LogP contribution in [-0.4, -0.2) is 30.8 Å². The lowest BCUT2D eigenvalue weighted by molar-refractivity contribution is 0.0526. The molecule has 0 heterocycles. The smallest absolute Gasteiger partial charge is 0.338 e. The van der Waals surface area contributed by atoms with Gasteiger partial charge in [-0.1, -0.05) is 0 Å². The summed E-state index contributed by atoms with van der Waals surface area (Å²) < 4.78 is 4.97. The van der Waals surface area contributed by atoms with E-state index in [1.165, 1.54) is 5.69 Å². The minimum Gasteiger partial charge on any atom is -0.462 e. The summed E-state index contributed by atoms with van der Waals surface area (Å²) >= 11 is 5.35. The number of esters is 1. The summed E-state index contributed by atoms with van der Waals surface area (Å²) in [6.07, 6.45) is 0. The average molecular weight is 372 g/mol. The molecule has 26 heavy (non-hydrogen) atoms. The van der Waals surface area contributed by atoms with Crippen LogP contribution in [0.3, 0.4) is 0 Å². The molecule has 0 saturated heterocycles. The van der Waals surface area contributed by atoms with Gasteiger partial charge in [0.1, 0.15) is 0 Å². The van der Waals surface area contributed by atoms with Gasteiger partial charge in [0.05, 0.1) is 12.2 Å². The van der Waals surface area contributed by atoms with Gasteiger partial charge >= 0.3 is 5.97 Å². The summed E-state index contributed by atoms with van der Waals surface area (Å²) in [7, 11) is 0. The average Bonchev–Trinajstić information content (AvgIpc) is 2.65. The van der Waals surface area contributed by atoms with Crippen LogP contribution in [0.2, 0.25) is 0 Å². The molecule has 2 N–H and O–H groups in total. The van der Waals surface area contributed by atoms with Gasteiger partial charge < -0.3 is 20.3 Å². The molecule has 2 rings (SSSR count). The highest BCUT2D eigenvalue weighted by Gasteiger charge is 2.06. The molecular formula is C20H25N3O2S. The van der Waals surface area contributed by atoms with Crippen molar-refractivity contribution in [3.05, 3.63) is 54.1 Å². The summed E-state index contributed by atoms with van der Waals surface area (Å²) in [4.78, 5) is 13.9. The molecule has 0 aliphatic rings. The number of hydrogen-bond acceptors (Lipinski definition) is 4. The van der Waals surface area contributed by atoms with E-state index in [9.17, 15) is 4.79 Å². The third-order valence-electron chi connectivity index (χ3n) is 3.91. The quantitative estimate of drug-likeness (QED) is 0.551. The van der Waals surface area contributed by atoms with E-state index in [0.717, 1.165) is 24.5 Å². The number of carbonyl (C=O) groups is 1. The molecule has 2 aromatic carbocycles. The van der Waals surface area contributed by atoms with Gasteiger partial charge in [0.15, 0.2) is 5.11 Å². The molecular weight excluding hydrogens is 346 g/mol. The molecule has 0 bridgehead atoms. The van der Waals surface area contributed by atoms with Gasteiger partial charge in [-0.3, -0.25) is 0 Å². The maximum Gasteiger partial charge on any atom is 0.338 e. The van der Waals surface area contributed by atoms with Crippen LogP contribution in [0.25, 0.3) is 0 Å². The topological polar surface area (TPSA) is 53.6 Å². The Morgan fingerprint density at radius 1 is 0.923 bits per heavy atom. The summed E-state index contributed by atoms with van der Waals surface area (Å²) in [6.45, 7) is 8.38. The molecule has 0 aliphatic heterocycles. The number of carbonyl (C=O) groups excluding carboxylic acids is 1. The van der Waals surface area contributed by atoms with Gasteiger partial charge in [0.25, 0.3) is 0 Å². The minimum absolute atomic E-state index is 0.326. The highest BCUT2D eigenvalue weighted by molar-refractivity contribution is 7.80. The zero-order valence-corrected chi connectivity index (χ0v) is 16.2. The zero-order chi connectivity index (χ0) is 18.9. The van der Waals surface area contributed by atoms with Crippen molar-refractivity contribution in [2.75, 3.05) is 35.2 Å². The Hall–Kier alpha value is -2.60. The minimum atomic E-state index is -0.326. The Morgan fingerprint density at radius 3 is 1.88 bits per heavy atom. The lowest BCUT2D eigenvalue weighted by Gasteiger charge is -2.21. The lowest BCUT2D eigenvalue weighted by atomic mass is 10.2. The second-order valence-electron chi connectivity index (χ2n) is 5.60. The van der Waals surface area contributed by atoms with Gasteiger partial charge in [0.2, 0.25) is 0 Å². The van der Waals surface area contributed by atoms with Crippen LogP contribution in [0.4, 0.5) is 17.1 Å². The summed E-state index contributed by atoms with van der Waals surface area (Å²) in [6, 6.07) is 15.2. The number of nitrogens with one attached hydrogen (secondary N) is 2. The van der Waals surface area contributed by atoms with Gasteiger partial charge in [-0.15, -0.1) is 0 Å². The van der Waals surface area contributed by atoms with Crippen molar-refractivity contribution in [2.45, 2.75) is 20.8 Å². The van der Waals surface area contributed by atoms with Crippen molar-refractivity contribution in [3.63, 3.8) is 0 Å². The summed E-state index contributed by atoms with van der Waals surface area (Å²) in [5.41, 5.74) is 3.43. The maximum absolute atomic E-state index is 11.7. The fraction of sp³-hybridized carbons (Fsp3) is 0.300. The first-order valence-corrected chi connectivity index (χ1v) is 9.18. The van der Waals surface area contributed by atoms with Crippen LogP contribution in [0.5, 0.6) is 0 Å². The standard InChI is InChI=1S/C20H25N3O2S/c1-4-23(5-2)18-13-11-17(12-14-18)22-20(26)21-16-9-7-15(8-10-16)19(24)25-6-3/h7-14H,4-6H2,1-3H3,(H2,21,22,26). The number of nitrogens with zero attached hydrogens (tertiary/aromatic N) is 1. The van der Waals surface area contributed by atoms with Crippen molar-refractivity contribution in [3.8, 4) is 0 Å². The Labute approximate surface area is 160 Å². The van der Waals surface area contributed by atoms with Gasteiger partial charge in [-0.05, 0) is 81.5 Å². The van der Waals surface area contributed by atoms with Crippen molar-refractivity contribution >= 4 is 40.4 Å². The Morgan fingerprint density at radius 2 is 1.42 bits per heavy atom. The van der Waals surface area contributed by atoms with Gasteiger partial charge in [0, 0.05) is 30.2 Å². The van der Waals surface area contributed by atoms with Crippen molar-refractivity contribution < 1.29 is 9.53 Å². The number of hydrogen-bond donors (Lipinski definition) is 2. The van der Waals surface area contributed by atoms with E-state index in [1.807, 2.05) is 12.1 Å². The largest absolute Gasteiger partial charge is 0.462 e. The molecule has 2 aromatic rings. The molecule has 0 aliphatic carbocycles. The monoisotopic (exact) mass is 371 g/mol.